The van der Waals surface area contributed by atoms with E-state index >= 15 is 0 Å². The first-order valence-corrected chi connectivity index (χ1v) is 7.19. The lowest BCUT2D eigenvalue weighted by molar-refractivity contribution is -0.162. The SMILES string of the molecule is CBc1cccc(CCCOC2CCCCO2)c1. The molecule has 0 amide bonds. The number of rotatable bonds is 6. The van der Waals surface area contributed by atoms with Crippen molar-refractivity contribution in [2.45, 2.75) is 45.2 Å². The van der Waals surface area contributed by atoms with Crippen LogP contribution in [0.25, 0.3) is 0 Å². The quantitative estimate of drug-likeness (QED) is 0.566. The third kappa shape index (κ3) is 4.47. The average molecular weight is 246 g/mol. The molecule has 2 nitrogen and oxygen atoms in total. The molecule has 0 radical (unpaired) electrons. The fourth-order valence-corrected chi connectivity index (χ4v) is 2.34. The molecular formula is C15H23BO2. The number of benzene rings is 1. The van der Waals surface area contributed by atoms with E-state index in [1.807, 2.05) is 0 Å². The molecule has 0 spiro atoms. The molecule has 1 aromatic carbocycles. The van der Waals surface area contributed by atoms with Gasteiger partial charge >= 0.3 is 0 Å². The molecule has 1 atom stereocenters. The maximum absolute atomic E-state index is 5.74. The highest BCUT2D eigenvalue weighted by molar-refractivity contribution is 6.51. The van der Waals surface area contributed by atoms with Crippen molar-refractivity contribution < 1.29 is 9.47 Å². The Morgan fingerprint density at radius 3 is 3.11 bits per heavy atom. The molecule has 1 aliphatic rings. The molecule has 1 unspecified atom stereocenters. The summed E-state index contributed by atoms with van der Waals surface area (Å²) < 4.78 is 11.3. The first-order chi connectivity index (χ1) is 8.88. The van der Waals surface area contributed by atoms with Gasteiger partial charge in [-0.2, -0.15) is 0 Å². The van der Waals surface area contributed by atoms with Crippen molar-refractivity contribution in [3.05, 3.63) is 29.8 Å². The van der Waals surface area contributed by atoms with Gasteiger partial charge in [0.1, 0.15) is 0 Å². The van der Waals surface area contributed by atoms with Crippen LogP contribution in [0.5, 0.6) is 0 Å². The molecule has 0 saturated carbocycles. The topological polar surface area (TPSA) is 18.5 Å². The molecule has 0 aromatic heterocycles. The van der Waals surface area contributed by atoms with Crippen molar-refractivity contribution in [1.29, 1.82) is 0 Å². The fourth-order valence-electron chi connectivity index (χ4n) is 2.34. The molecule has 1 heterocycles. The van der Waals surface area contributed by atoms with Crippen LogP contribution in [0.3, 0.4) is 0 Å². The molecule has 0 aliphatic carbocycles. The molecule has 98 valence electrons. The van der Waals surface area contributed by atoms with Gasteiger partial charge in [0.05, 0.1) is 6.61 Å². The van der Waals surface area contributed by atoms with E-state index in [0.717, 1.165) is 39.8 Å². The second-order valence-corrected chi connectivity index (χ2v) is 4.94. The van der Waals surface area contributed by atoms with E-state index in [-0.39, 0.29) is 6.29 Å². The number of hydrogen-bond donors (Lipinski definition) is 0. The predicted octanol–water partition coefficient (Wildman–Crippen LogP) is 2.27. The van der Waals surface area contributed by atoms with Gasteiger partial charge in [0, 0.05) is 6.61 Å². The van der Waals surface area contributed by atoms with E-state index in [1.165, 1.54) is 23.9 Å². The Balaban J connectivity index is 1.65. The Hall–Kier alpha value is -0.795. The van der Waals surface area contributed by atoms with E-state index in [4.69, 9.17) is 9.47 Å². The van der Waals surface area contributed by atoms with E-state index in [0.29, 0.717) is 0 Å². The van der Waals surface area contributed by atoms with Crippen molar-refractivity contribution in [2.24, 2.45) is 0 Å². The van der Waals surface area contributed by atoms with Crippen molar-refractivity contribution in [2.75, 3.05) is 13.2 Å². The van der Waals surface area contributed by atoms with Crippen molar-refractivity contribution >= 4 is 12.7 Å². The largest absolute Gasteiger partial charge is 0.353 e. The normalized spacial score (nSPS) is 19.7. The minimum Gasteiger partial charge on any atom is -0.353 e. The van der Waals surface area contributed by atoms with Gasteiger partial charge in [-0.15, -0.1) is 0 Å². The fraction of sp³-hybridized carbons (Fsp3) is 0.600. The molecular weight excluding hydrogens is 223 g/mol. The van der Waals surface area contributed by atoms with Gasteiger partial charge in [0.2, 0.25) is 0 Å². The van der Waals surface area contributed by atoms with Crippen molar-refractivity contribution in [3.8, 4) is 0 Å². The molecule has 1 aliphatic heterocycles. The summed E-state index contributed by atoms with van der Waals surface area (Å²) in [7, 11) is 1.11. The summed E-state index contributed by atoms with van der Waals surface area (Å²) >= 11 is 0. The van der Waals surface area contributed by atoms with Crippen LogP contribution in [0, 0.1) is 0 Å². The zero-order valence-corrected chi connectivity index (χ0v) is 11.4. The molecule has 0 bridgehead atoms. The first kappa shape index (κ1) is 13.6. The minimum atomic E-state index is 0.0562. The summed E-state index contributed by atoms with van der Waals surface area (Å²) in [6.45, 7) is 3.87. The van der Waals surface area contributed by atoms with Crippen molar-refractivity contribution in [1.82, 2.24) is 0 Å². The molecule has 1 aromatic rings. The maximum Gasteiger partial charge on any atom is 0.157 e. The van der Waals surface area contributed by atoms with Crippen LogP contribution >= 0.6 is 0 Å². The Morgan fingerprint density at radius 1 is 1.39 bits per heavy atom. The highest BCUT2D eigenvalue weighted by Crippen LogP contribution is 2.14. The molecule has 1 saturated heterocycles. The lowest BCUT2D eigenvalue weighted by atomic mass is 9.73. The van der Waals surface area contributed by atoms with E-state index in [2.05, 4.69) is 31.1 Å². The van der Waals surface area contributed by atoms with Gasteiger partial charge in [-0.25, -0.2) is 0 Å². The zero-order chi connectivity index (χ0) is 12.6. The van der Waals surface area contributed by atoms with Gasteiger partial charge in [0.25, 0.3) is 0 Å². The van der Waals surface area contributed by atoms with E-state index in [9.17, 15) is 0 Å². The Labute approximate surface area is 111 Å². The van der Waals surface area contributed by atoms with Crippen LogP contribution in [-0.4, -0.2) is 26.8 Å². The van der Waals surface area contributed by atoms with Gasteiger partial charge in [-0.05, 0) is 37.7 Å². The summed E-state index contributed by atoms with van der Waals surface area (Å²) in [6, 6.07) is 8.85. The maximum atomic E-state index is 5.74. The Bertz CT molecular complexity index is 348. The Kier molecular flexibility index (Phi) is 5.75. The van der Waals surface area contributed by atoms with Crippen LogP contribution in [-0.2, 0) is 15.9 Å². The third-order valence-electron chi connectivity index (χ3n) is 3.45. The lowest BCUT2D eigenvalue weighted by Gasteiger charge is -2.22. The minimum absolute atomic E-state index is 0.0562. The average Bonchev–Trinajstić information content (AvgIpc) is 2.45. The second kappa shape index (κ2) is 7.60. The smallest absolute Gasteiger partial charge is 0.157 e. The summed E-state index contributed by atoms with van der Waals surface area (Å²) in [4.78, 5) is 0. The van der Waals surface area contributed by atoms with Gasteiger partial charge in [-0.3, -0.25) is 0 Å². The zero-order valence-electron chi connectivity index (χ0n) is 11.4. The van der Waals surface area contributed by atoms with Gasteiger partial charge in [0.15, 0.2) is 13.6 Å². The number of hydrogen-bond acceptors (Lipinski definition) is 2. The highest BCUT2D eigenvalue weighted by Gasteiger charge is 2.13. The molecule has 3 heteroatoms. The van der Waals surface area contributed by atoms with Gasteiger partial charge in [-0.1, -0.05) is 36.6 Å². The van der Waals surface area contributed by atoms with Crippen LogP contribution in [0.4, 0.5) is 0 Å². The number of ether oxygens (including phenoxy) is 2. The van der Waals surface area contributed by atoms with Crippen molar-refractivity contribution in [3.63, 3.8) is 0 Å². The highest BCUT2D eigenvalue weighted by atomic mass is 16.7. The van der Waals surface area contributed by atoms with E-state index < -0.39 is 0 Å². The van der Waals surface area contributed by atoms with Crippen LogP contribution in [0.1, 0.15) is 31.2 Å². The summed E-state index contributed by atoms with van der Waals surface area (Å²) in [5.41, 5.74) is 2.84. The summed E-state index contributed by atoms with van der Waals surface area (Å²) in [6.07, 6.45) is 5.71. The second-order valence-electron chi connectivity index (χ2n) is 4.94. The number of aryl methyl sites for hydroxylation is 1. The summed E-state index contributed by atoms with van der Waals surface area (Å²) in [5.74, 6) is 0. The van der Waals surface area contributed by atoms with Crippen LogP contribution in [0.15, 0.2) is 24.3 Å². The molecule has 0 N–H and O–H groups in total. The predicted molar refractivity (Wildman–Crippen MR) is 77.0 cm³/mol. The lowest BCUT2D eigenvalue weighted by Crippen LogP contribution is -2.22. The standard InChI is InChI=1S/C15H23BO2/c1-16-14-8-4-6-13(12-14)7-5-11-18-15-9-2-3-10-17-15/h4,6,8,12,15-16H,2-3,5,7,9-11H2,1H3. The first-order valence-electron chi connectivity index (χ1n) is 7.19. The van der Waals surface area contributed by atoms with Gasteiger partial charge < -0.3 is 9.47 Å². The van der Waals surface area contributed by atoms with Crippen LogP contribution in [0.2, 0.25) is 6.82 Å². The third-order valence-corrected chi connectivity index (χ3v) is 3.45. The molecule has 1 fully saturated rings. The molecule has 18 heavy (non-hydrogen) atoms. The monoisotopic (exact) mass is 246 g/mol. The summed E-state index contributed by atoms with van der Waals surface area (Å²) in [5, 5.41) is 0. The molecule has 2 rings (SSSR count). The Morgan fingerprint density at radius 2 is 2.33 bits per heavy atom. The van der Waals surface area contributed by atoms with E-state index in [1.54, 1.807) is 0 Å². The van der Waals surface area contributed by atoms with Crippen LogP contribution < -0.4 is 5.46 Å².